The normalized spacial score (nSPS) is 25.8. The molecule has 5 rings (SSSR count). The van der Waals surface area contributed by atoms with E-state index in [1.54, 1.807) is 36.9 Å². The third-order valence-electron chi connectivity index (χ3n) is 6.08. The highest BCUT2D eigenvalue weighted by Gasteiger charge is 2.43. The third-order valence-corrected chi connectivity index (χ3v) is 6.08. The molecule has 4 heterocycles. The standard InChI is InChI=1S/C22H22FN5O/c1-13(17-10-14-2-5-20(25-14)22(17)23)18-6-7-19(27-26-18)16-4-3-15(11-21(16)29)28-9-8-24-12-28/h3-4,6-9,11-12,14,17,20,22,25,29H,1-2,5,10H2/t14?,17-,20?,22-/m1/s1. The van der Waals surface area contributed by atoms with E-state index in [-0.39, 0.29) is 17.7 Å². The predicted molar refractivity (Wildman–Crippen MR) is 108 cm³/mol. The highest BCUT2D eigenvalue weighted by molar-refractivity contribution is 5.70. The topological polar surface area (TPSA) is 75.9 Å². The van der Waals surface area contributed by atoms with Gasteiger partial charge in [0.05, 0.1) is 23.4 Å². The maximum absolute atomic E-state index is 14.8. The summed E-state index contributed by atoms with van der Waals surface area (Å²) in [6.45, 7) is 4.13. The Labute approximate surface area is 168 Å². The number of phenolic OH excluding ortho intramolecular Hbond substituents is 1. The highest BCUT2D eigenvalue weighted by atomic mass is 19.1. The number of rotatable bonds is 4. The molecule has 2 saturated heterocycles. The maximum atomic E-state index is 14.8. The zero-order valence-corrected chi connectivity index (χ0v) is 15.9. The highest BCUT2D eigenvalue weighted by Crippen LogP contribution is 2.39. The minimum Gasteiger partial charge on any atom is -0.507 e. The van der Waals surface area contributed by atoms with Crippen molar-refractivity contribution in [2.75, 3.05) is 0 Å². The molecule has 0 spiro atoms. The van der Waals surface area contributed by atoms with Crippen LogP contribution in [0.15, 0.2) is 55.6 Å². The van der Waals surface area contributed by atoms with E-state index in [9.17, 15) is 9.50 Å². The number of phenols is 1. The number of hydrogen-bond donors (Lipinski definition) is 2. The molecule has 2 aliphatic heterocycles. The molecule has 2 fully saturated rings. The molecule has 2 aliphatic rings. The molecular formula is C22H22FN5O. The van der Waals surface area contributed by atoms with Crippen molar-refractivity contribution in [3.63, 3.8) is 0 Å². The zero-order valence-electron chi connectivity index (χ0n) is 15.9. The van der Waals surface area contributed by atoms with Crippen molar-refractivity contribution in [1.82, 2.24) is 25.1 Å². The van der Waals surface area contributed by atoms with Crippen LogP contribution in [0.3, 0.4) is 0 Å². The van der Waals surface area contributed by atoms with Crippen LogP contribution in [0.4, 0.5) is 4.39 Å². The summed E-state index contributed by atoms with van der Waals surface area (Å²) in [4.78, 5) is 4.01. The van der Waals surface area contributed by atoms with E-state index in [1.807, 2.05) is 16.7 Å². The van der Waals surface area contributed by atoms with Gasteiger partial charge in [-0.05, 0) is 49.1 Å². The van der Waals surface area contributed by atoms with Gasteiger partial charge in [-0.2, -0.15) is 5.10 Å². The van der Waals surface area contributed by atoms with Crippen molar-refractivity contribution >= 4 is 5.57 Å². The Morgan fingerprint density at radius 1 is 1.21 bits per heavy atom. The van der Waals surface area contributed by atoms with Crippen LogP contribution in [0, 0.1) is 5.92 Å². The number of benzene rings is 1. The Morgan fingerprint density at radius 3 is 2.83 bits per heavy atom. The summed E-state index contributed by atoms with van der Waals surface area (Å²) in [6.07, 6.45) is 6.86. The molecule has 0 amide bonds. The average molecular weight is 391 g/mol. The van der Waals surface area contributed by atoms with E-state index in [1.165, 1.54) is 0 Å². The molecule has 2 N–H and O–H groups in total. The summed E-state index contributed by atoms with van der Waals surface area (Å²) in [5.41, 5.74) is 3.25. The van der Waals surface area contributed by atoms with Crippen LogP contribution in [0.5, 0.6) is 5.75 Å². The molecule has 0 radical (unpaired) electrons. The molecule has 4 atom stereocenters. The molecule has 2 bridgehead atoms. The second-order valence-corrected chi connectivity index (χ2v) is 7.83. The molecule has 29 heavy (non-hydrogen) atoms. The first-order valence-corrected chi connectivity index (χ1v) is 9.85. The Bertz CT molecular complexity index is 1030. The number of alkyl halides is 1. The van der Waals surface area contributed by atoms with Crippen LogP contribution in [0.2, 0.25) is 0 Å². The number of fused-ring (bicyclic) bond motifs is 2. The summed E-state index contributed by atoms with van der Waals surface area (Å²) >= 11 is 0. The van der Waals surface area contributed by atoms with Gasteiger partial charge < -0.3 is 15.0 Å². The predicted octanol–water partition coefficient (Wildman–Crippen LogP) is 3.53. The Balaban J connectivity index is 1.37. The maximum Gasteiger partial charge on any atom is 0.127 e. The minimum absolute atomic E-state index is 0.0753. The van der Waals surface area contributed by atoms with Crippen LogP contribution < -0.4 is 5.32 Å². The summed E-state index contributed by atoms with van der Waals surface area (Å²) in [5.74, 6) is -0.118. The summed E-state index contributed by atoms with van der Waals surface area (Å²) in [6, 6.07) is 9.23. The molecule has 6 nitrogen and oxygen atoms in total. The lowest BCUT2D eigenvalue weighted by molar-refractivity contribution is 0.167. The number of nitrogens with one attached hydrogen (secondary N) is 1. The van der Waals surface area contributed by atoms with Crippen molar-refractivity contribution < 1.29 is 9.50 Å². The summed E-state index contributed by atoms with van der Waals surface area (Å²) in [7, 11) is 0. The molecule has 148 valence electrons. The molecule has 3 aromatic rings. The SMILES string of the molecule is C=C(c1ccc(-c2ccc(-n3ccnc3)cc2O)nn1)[C@H]1CC2CCC(N2)[C@@H]1F. The number of halogens is 1. The van der Waals surface area contributed by atoms with Gasteiger partial charge in [0.1, 0.15) is 11.9 Å². The van der Waals surface area contributed by atoms with E-state index in [2.05, 4.69) is 27.1 Å². The first-order chi connectivity index (χ1) is 14.1. The van der Waals surface area contributed by atoms with Crippen molar-refractivity contribution in [2.45, 2.75) is 37.5 Å². The van der Waals surface area contributed by atoms with Crippen LogP contribution in [0.1, 0.15) is 25.0 Å². The Hall–Kier alpha value is -3.06. The van der Waals surface area contributed by atoms with Gasteiger partial charge in [0.15, 0.2) is 0 Å². The van der Waals surface area contributed by atoms with Crippen LogP contribution in [0.25, 0.3) is 22.5 Å². The Morgan fingerprint density at radius 2 is 2.10 bits per heavy atom. The molecule has 0 aliphatic carbocycles. The number of hydrogen-bond acceptors (Lipinski definition) is 5. The lowest BCUT2D eigenvalue weighted by Crippen LogP contribution is -2.47. The van der Waals surface area contributed by atoms with E-state index in [4.69, 9.17) is 0 Å². The monoisotopic (exact) mass is 391 g/mol. The number of piperidine rings is 1. The van der Waals surface area contributed by atoms with Crippen molar-refractivity contribution in [1.29, 1.82) is 0 Å². The fraction of sp³-hybridized carbons (Fsp3) is 0.318. The minimum atomic E-state index is -0.942. The molecule has 7 heteroatoms. The first kappa shape index (κ1) is 18.0. The molecule has 2 aromatic heterocycles. The second-order valence-electron chi connectivity index (χ2n) is 7.83. The van der Waals surface area contributed by atoms with Gasteiger partial charge in [-0.1, -0.05) is 6.58 Å². The first-order valence-electron chi connectivity index (χ1n) is 9.85. The van der Waals surface area contributed by atoms with Crippen LogP contribution in [-0.4, -0.2) is 43.1 Å². The van der Waals surface area contributed by atoms with Gasteiger partial charge >= 0.3 is 0 Å². The van der Waals surface area contributed by atoms with Gasteiger partial charge in [-0.25, -0.2) is 9.37 Å². The second kappa shape index (κ2) is 7.08. The average Bonchev–Trinajstić information content (AvgIpc) is 3.41. The summed E-state index contributed by atoms with van der Waals surface area (Å²) in [5, 5.41) is 22.3. The Kier molecular flexibility index (Phi) is 4.39. The molecule has 1 aromatic carbocycles. The van der Waals surface area contributed by atoms with Gasteiger partial charge in [0.25, 0.3) is 0 Å². The number of aromatic hydroxyl groups is 1. The molecular weight excluding hydrogens is 369 g/mol. The fourth-order valence-electron chi connectivity index (χ4n) is 4.48. The van der Waals surface area contributed by atoms with E-state index < -0.39 is 6.17 Å². The van der Waals surface area contributed by atoms with Gasteiger partial charge in [-0.15, -0.1) is 5.10 Å². The fourth-order valence-corrected chi connectivity index (χ4v) is 4.48. The lowest BCUT2D eigenvalue weighted by atomic mass is 9.83. The van der Waals surface area contributed by atoms with Crippen molar-refractivity contribution in [2.24, 2.45) is 5.92 Å². The third kappa shape index (κ3) is 3.21. The molecule has 2 unspecified atom stereocenters. The van der Waals surface area contributed by atoms with Gasteiger partial charge in [-0.3, -0.25) is 0 Å². The van der Waals surface area contributed by atoms with E-state index >= 15 is 0 Å². The molecule has 0 saturated carbocycles. The van der Waals surface area contributed by atoms with Crippen molar-refractivity contribution in [3.8, 4) is 22.7 Å². The zero-order chi connectivity index (χ0) is 20.0. The number of imidazole rings is 1. The van der Waals surface area contributed by atoms with Gasteiger partial charge in [0.2, 0.25) is 0 Å². The van der Waals surface area contributed by atoms with E-state index in [0.717, 1.165) is 24.9 Å². The van der Waals surface area contributed by atoms with Crippen LogP contribution >= 0.6 is 0 Å². The van der Waals surface area contributed by atoms with E-state index in [0.29, 0.717) is 28.6 Å². The number of allylic oxidation sites excluding steroid dienone is 1. The lowest BCUT2D eigenvalue weighted by Gasteiger charge is -2.33. The van der Waals surface area contributed by atoms with Crippen molar-refractivity contribution in [3.05, 3.63) is 61.3 Å². The van der Waals surface area contributed by atoms with Crippen LogP contribution in [-0.2, 0) is 0 Å². The largest absolute Gasteiger partial charge is 0.507 e. The summed E-state index contributed by atoms with van der Waals surface area (Å²) < 4.78 is 16.6. The quantitative estimate of drug-likeness (QED) is 0.712. The number of aromatic nitrogens is 4. The van der Waals surface area contributed by atoms with Gasteiger partial charge in [0, 0.05) is 42.0 Å². The number of nitrogens with zero attached hydrogens (tertiary/aromatic N) is 4. The smallest absolute Gasteiger partial charge is 0.127 e.